The standard InChI is InChI=1S/C16H16N2O2/c1-10-3-8-14(11(2)9-10)18-16(20)13-6-4-12(5-7-13)15(17)19/h3-9H,1-2H3,(H2,17,19)(H,18,20). The maximum Gasteiger partial charge on any atom is 0.255 e. The summed E-state index contributed by atoms with van der Waals surface area (Å²) in [6.07, 6.45) is 0. The SMILES string of the molecule is Cc1ccc(NC(=O)c2ccc(C(N)=O)cc2)c(C)c1. The van der Waals surface area contributed by atoms with Crippen LogP contribution >= 0.6 is 0 Å². The number of primary amides is 1. The highest BCUT2D eigenvalue weighted by Crippen LogP contribution is 2.17. The molecule has 0 unspecified atom stereocenters. The molecule has 0 saturated carbocycles. The Morgan fingerprint density at radius 1 is 0.950 bits per heavy atom. The van der Waals surface area contributed by atoms with E-state index in [1.165, 1.54) is 0 Å². The highest BCUT2D eigenvalue weighted by molar-refractivity contribution is 6.05. The van der Waals surface area contributed by atoms with Crippen LogP contribution in [0.3, 0.4) is 0 Å². The Labute approximate surface area is 117 Å². The molecule has 3 N–H and O–H groups in total. The van der Waals surface area contributed by atoms with Gasteiger partial charge in [-0.1, -0.05) is 17.7 Å². The molecule has 0 bridgehead atoms. The molecule has 102 valence electrons. The topological polar surface area (TPSA) is 72.2 Å². The maximum atomic E-state index is 12.1. The molecule has 0 aromatic heterocycles. The molecular formula is C16H16N2O2. The minimum absolute atomic E-state index is 0.215. The Balaban J connectivity index is 2.17. The van der Waals surface area contributed by atoms with Gasteiger partial charge in [-0.2, -0.15) is 0 Å². The van der Waals surface area contributed by atoms with Crippen LogP contribution in [0.5, 0.6) is 0 Å². The monoisotopic (exact) mass is 268 g/mol. The lowest BCUT2D eigenvalue weighted by atomic mass is 10.1. The number of anilines is 1. The van der Waals surface area contributed by atoms with Crippen LogP contribution in [0, 0.1) is 13.8 Å². The normalized spacial score (nSPS) is 10.1. The predicted octanol–water partition coefficient (Wildman–Crippen LogP) is 2.65. The van der Waals surface area contributed by atoms with Gasteiger partial charge in [-0.05, 0) is 49.7 Å². The largest absolute Gasteiger partial charge is 0.366 e. The quantitative estimate of drug-likeness (QED) is 0.898. The van der Waals surface area contributed by atoms with E-state index in [1.54, 1.807) is 24.3 Å². The second-order valence-electron chi connectivity index (χ2n) is 4.71. The summed E-state index contributed by atoms with van der Waals surface area (Å²) >= 11 is 0. The Morgan fingerprint density at radius 3 is 2.10 bits per heavy atom. The molecule has 0 atom stereocenters. The average molecular weight is 268 g/mol. The van der Waals surface area contributed by atoms with E-state index in [4.69, 9.17) is 5.73 Å². The number of nitrogens with two attached hydrogens (primary N) is 1. The zero-order valence-electron chi connectivity index (χ0n) is 11.4. The van der Waals surface area contributed by atoms with Crippen molar-refractivity contribution < 1.29 is 9.59 Å². The maximum absolute atomic E-state index is 12.1. The molecule has 2 aromatic carbocycles. The average Bonchev–Trinajstić information content (AvgIpc) is 2.42. The van der Waals surface area contributed by atoms with Crippen LogP contribution in [0.25, 0.3) is 0 Å². The fourth-order valence-electron chi connectivity index (χ4n) is 1.93. The van der Waals surface area contributed by atoms with Crippen LogP contribution in [0.2, 0.25) is 0 Å². The van der Waals surface area contributed by atoms with Gasteiger partial charge in [0.15, 0.2) is 0 Å². The number of rotatable bonds is 3. The van der Waals surface area contributed by atoms with Crippen LogP contribution in [0.1, 0.15) is 31.8 Å². The van der Waals surface area contributed by atoms with Gasteiger partial charge in [-0.25, -0.2) is 0 Å². The van der Waals surface area contributed by atoms with Gasteiger partial charge in [0.25, 0.3) is 5.91 Å². The van der Waals surface area contributed by atoms with Crippen molar-refractivity contribution in [1.29, 1.82) is 0 Å². The molecule has 0 aliphatic heterocycles. The Kier molecular flexibility index (Phi) is 3.84. The van der Waals surface area contributed by atoms with Crippen molar-refractivity contribution in [2.45, 2.75) is 13.8 Å². The fourth-order valence-corrected chi connectivity index (χ4v) is 1.93. The summed E-state index contributed by atoms with van der Waals surface area (Å²) in [5.41, 5.74) is 8.95. The highest BCUT2D eigenvalue weighted by atomic mass is 16.2. The lowest BCUT2D eigenvalue weighted by molar-refractivity contribution is 0.0995. The summed E-state index contributed by atoms with van der Waals surface area (Å²) in [7, 11) is 0. The number of amides is 2. The first-order valence-electron chi connectivity index (χ1n) is 6.26. The Hall–Kier alpha value is -2.62. The summed E-state index contributed by atoms with van der Waals surface area (Å²) in [5, 5.41) is 2.85. The van der Waals surface area contributed by atoms with Crippen molar-refractivity contribution in [2.24, 2.45) is 5.73 Å². The molecular weight excluding hydrogens is 252 g/mol. The first kappa shape index (κ1) is 13.8. The van der Waals surface area contributed by atoms with Crippen molar-refractivity contribution in [3.8, 4) is 0 Å². The third-order valence-electron chi connectivity index (χ3n) is 3.06. The first-order chi connectivity index (χ1) is 9.47. The second-order valence-corrected chi connectivity index (χ2v) is 4.71. The third kappa shape index (κ3) is 3.03. The van der Waals surface area contributed by atoms with Gasteiger partial charge >= 0.3 is 0 Å². The highest BCUT2D eigenvalue weighted by Gasteiger charge is 2.08. The lowest BCUT2D eigenvalue weighted by Gasteiger charge is -2.09. The summed E-state index contributed by atoms with van der Waals surface area (Å²) in [6.45, 7) is 3.94. The number of carbonyl (C=O) groups is 2. The first-order valence-corrected chi connectivity index (χ1v) is 6.26. The molecule has 0 radical (unpaired) electrons. The third-order valence-corrected chi connectivity index (χ3v) is 3.06. The fraction of sp³-hybridized carbons (Fsp3) is 0.125. The summed E-state index contributed by atoms with van der Waals surface area (Å²) in [6, 6.07) is 12.1. The summed E-state index contributed by atoms with van der Waals surface area (Å²) in [5.74, 6) is -0.723. The van der Waals surface area contributed by atoms with Gasteiger partial charge in [0.1, 0.15) is 0 Å². The minimum atomic E-state index is -0.508. The van der Waals surface area contributed by atoms with Crippen LogP contribution in [-0.2, 0) is 0 Å². The molecule has 0 heterocycles. The molecule has 0 saturated heterocycles. The second kappa shape index (κ2) is 5.57. The molecule has 0 aliphatic rings. The van der Waals surface area contributed by atoms with Gasteiger partial charge in [0, 0.05) is 16.8 Å². The smallest absolute Gasteiger partial charge is 0.255 e. The van der Waals surface area contributed by atoms with Crippen LogP contribution in [0.4, 0.5) is 5.69 Å². The van der Waals surface area contributed by atoms with Gasteiger partial charge in [-0.15, -0.1) is 0 Å². The molecule has 4 heteroatoms. The van der Waals surface area contributed by atoms with Crippen molar-refractivity contribution >= 4 is 17.5 Å². The van der Waals surface area contributed by atoms with Gasteiger partial charge in [0.2, 0.25) is 5.91 Å². The number of benzene rings is 2. The number of hydrogen-bond donors (Lipinski definition) is 2. The molecule has 0 fully saturated rings. The zero-order valence-corrected chi connectivity index (χ0v) is 11.4. The van der Waals surface area contributed by atoms with E-state index in [-0.39, 0.29) is 5.91 Å². The van der Waals surface area contributed by atoms with Crippen molar-refractivity contribution in [3.05, 3.63) is 64.7 Å². The molecule has 2 aromatic rings. The Bertz CT molecular complexity index is 661. The van der Waals surface area contributed by atoms with E-state index >= 15 is 0 Å². The zero-order chi connectivity index (χ0) is 14.7. The van der Waals surface area contributed by atoms with E-state index < -0.39 is 5.91 Å². The molecule has 0 spiro atoms. The van der Waals surface area contributed by atoms with Crippen LogP contribution in [-0.4, -0.2) is 11.8 Å². The Morgan fingerprint density at radius 2 is 1.55 bits per heavy atom. The number of nitrogens with one attached hydrogen (secondary N) is 1. The molecule has 4 nitrogen and oxygen atoms in total. The molecule has 0 aliphatic carbocycles. The van der Waals surface area contributed by atoms with E-state index in [1.807, 2.05) is 32.0 Å². The summed E-state index contributed by atoms with van der Waals surface area (Å²) < 4.78 is 0. The minimum Gasteiger partial charge on any atom is -0.366 e. The van der Waals surface area contributed by atoms with E-state index in [0.29, 0.717) is 11.1 Å². The number of hydrogen-bond acceptors (Lipinski definition) is 2. The number of aryl methyl sites for hydroxylation is 2. The number of carbonyl (C=O) groups excluding carboxylic acids is 2. The van der Waals surface area contributed by atoms with E-state index in [9.17, 15) is 9.59 Å². The van der Waals surface area contributed by atoms with Crippen LogP contribution in [0.15, 0.2) is 42.5 Å². The van der Waals surface area contributed by atoms with Gasteiger partial charge < -0.3 is 11.1 Å². The van der Waals surface area contributed by atoms with E-state index in [0.717, 1.165) is 16.8 Å². The van der Waals surface area contributed by atoms with Crippen LogP contribution < -0.4 is 11.1 Å². The van der Waals surface area contributed by atoms with Crippen molar-refractivity contribution in [2.75, 3.05) is 5.32 Å². The van der Waals surface area contributed by atoms with Crippen molar-refractivity contribution in [3.63, 3.8) is 0 Å². The van der Waals surface area contributed by atoms with Crippen molar-refractivity contribution in [1.82, 2.24) is 0 Å². The van der Waals surface area contributed by atoms with Gasteiger partial charge in [-0.3, -0.25) is 9.59 Å². The molecule has 2 amide bonds. The van der Waals surface area contributed by atoms with Gasteiger partial charge in [0.05, 0.1) is 0 Å². The molecule has 20 heavy (non-hydrogen) atoms. The predicted molar refractivity (Wildman–Crippen MR) is 78.8 cm³/mol. The lowest BCUT2D eigenvalue weighted by Crippen LogP contribution is -2.14. The molecule has 2 rings (SSSR count). The summed E-state index contributed by atoms with van der Waals surface area (Å²) in [4.78, 5) is 23.1. The van der Waals surface area contributed by atoms with E-state index in [2.05, 4.69) is 5.32 Å².